The molecule has 0 radical (unpaired) electrons. The van der Waals surface area contributed by atoms with Gasteiger partial charge < -0.3 is 0 Å². The summed E-state index contributed by atoms with van der Waals surface area (Å²) < 4.78 is 14.6. The summed E-state index contributed by atoms with van der Waals surface area (Å²) in [6.07, 6.45) is 3.98. The minimum atomic E-state index is -0.479. The monoisotopic (exact) mass is 179 g/mol. The van der Waals surface area contributed by atoms with Crippen molar-refractivity contribution in [2.75, 3.05) is 0 Å². The molecule has 0 spiro atoms. The van der Waals surface area contributed by atoms with Gasteiger partial charge in [0.1, 0.15) is 19.0 Å². The predicted molar refractivity (Wildman–Crippen MR) is 41.6 cm³/mol. The van der Waals surface area contributed by atoms with E-state index in [-0.39, 0.29) is 5.82 Å². The lowest BCUT2D eigenvalue weighted by atomic mass is 10.4. The van der Waals surface area contributed by atoms with Crippen LogP contribution in [0.4, 0.5) is 4.39 Å². The lowest BCUT2D eigenvalue weighted by Crippen LogP contribution is -2.04. The highest BCUT2D eigenvalue weighted by Gasteiger charge is 2.09. The molecule has 0 unspecified atom stereocenters. The second kappa shape index (κ2) is 2.89. The second-order valence-corrected chi connectivity index (χ2v) is 2.44. The fourth-order valence-electron chi connectivity index (χ4n) is 0.923. The van der Waals surface area contributed by atoms with Crippen LogP contribution in [0.2, 0.25) is 0 Å². The Kier molecular flexibility index (Phi) is 1.73. The van der Waals surface area contributed by atoms with Crippen molar-refractivity contribution in [3.8, 4) is 5.82 Å². The molecule has 2 heterocycles. The van der Waals surface area contributed by atoms with Crippen molar-refractivity contribution in [1.29, 1.82) is 0 Å². The van der Waals surface area contributed by atoms with Crippen LogP contribution in [0.5, 0.6) is 0 Å². The first kappa shape index (κ1) is 7.78. The van der Waals surface area contributed by atoms with Gasteiger partial charge in [-0.1, -0.05) is 0 Å². The third kappa shape index (κ3) is 1.26. The maximum atomic E-state index is 13.4. The average Bonchev–Trinajstić information content (AvgIpc) is 2.62. The third-order valence-corrected chi connectivity index (χ3v) is 1.58. The van der Waals surface area contributed by atoms with Crippen LogP contribution >= 0.6 is 0 Å². The van der Waals surface area contributed by atoms with Gasteiger partial charge in [0.2, 0.25) is 0 Å². The Morgan fingerprint density at radius 1 is 1.31 bits per heavy atom. The van der Waals surface area contributed by atoms with Crippen molar-refractivity contribution in [3.05, 3.63) is 30.5 Å². The third-order valence-electron chi connectivity index (χ3n) is 1.58. The van der Waals surface area contributed by atoms with E-state index in [4.69, 9.17) is 0 Å². The number of aryl methyl sites for hydroxylation is 1. The van der Waals surface area contributed by atoms with Gasteiger partial charge in [-0.2, -0.15) is 9.78 Å². The van der Waals surface area contributed by atoms with Crippen molar-refractivity contribution in [3.63, 3.8) is 0 Å². The van der Waals surface area contributed by atoms with Crippen molar-refractivity contribution < 1.29 is 4.39 Å². The Hall–Kier alpha value is -1.85. The zero-order chi connectivity index (χ0) is 9.26. The molecule has 0 saturated heterocycles. The number of nitrogens with zero attached hydrogens (tertiary/aromatic N) is 5. The van der Waals surface area contributed by atoms with Gasteiger partial charge in [0.15, 0.2) is 11.6 Å². The molecule has 0 aliphatic rings. The molecule has 0 fully saturated rings. The number of hydrogen-bond acceptors (Lipinski definition) is 4. The van der Waals surface area contributed by atoms with Crippen molar-refractivity contribution in [2.24, 2.45) is 0 Å². The summed E-state index contributed by atoms with van der Waals surface area (Å²) in [4.78, 5) is 11.2. The van der Waals surface area contributed by atoms with E-state index in [0.29, 0.717) is 5.69 Å². The molecule has 13 heavy (non-hydrogen) atoms. The van der Waals surface area contributed by atoms with Crippen LogP contribution in [0.1, 0.15) is 5.69 Å². The first-order valence-corrected chi connectivity index (χ1v) is 3.61. The fraction of sp³-hybridized carbons (Fsp3) is 0.143. The van der Waals surface area contributed by atoms with Gasteiger partial charge >= 0.3 is 0 Å². The number of hydrogen-bond donors (Lipinski definition) is 0. The molecule has 5 nitrogen and oxygen atoms in total. The topological polar surface area (TPSA) is 56.5 Å². The van der Waals surface area contributed by atoms with Crippen molar-refractivity contribution >= 4 is 0 Å². The zero-order valence-corrected chi connectivity index (χ0v) is 6.85. The van der Waals surface area contributed by atoms with Crippen LogP contribution in [0, 0.1) is 12.7 Å². The molecular weight excluding hydrogens is 173 g/mol. The van der Waals surface area contributed by atoms with E-state index in [1.165, 1.54) is 23.7 Å². The van der Waals surface area contributed by atoms with Crippen molar-refractivity contribution in [2.45, 2.75) is 6.92 Å². The van der Waals surface area contributed by atoms with Crippen LogP contribution in [0.3, 0.4) is 0 Å². The highest BCUT2D eigenvalue weighted by Crippen LogP contribution is 2.09. The van der Waals surface area contributed by atoms with Gasteiger partial charge in [0, 0.05) is 0 Å². The quantitative estimate of drug-likeness (QED) is 0.639. The SMILES string of the molecule is Cc1ncnc(-n2cncn2)c1F. The molecule has 6 heteroatoms. The van der Waals surface area contributed by atoms with E-state index in [1.807, 2.05) is 0 Å². The van der Waals surface area contributed by atoms with Gasteiger partial charge in [-0.25, -0.2) is 19.3 Å². The maximum Gasteiger partial charge on any atom is 0.194 e. The Bertz CT molecular complexity index is 411. The average molecular weight is 179 g/mol. The highest BCUT2D eigenvalue weighted by molar-refractivity contribution is 5.23. The van der Waals surface area contributed by atoms with Gasteiger partial charge in [0.05, 0.1) is 5.69 Å². The second-order valence-electron chi connectivity index (χ2n) is 2.44. The van der Waals surface area contributed by atoms with Gasteiger partial charge in [-0.15, -0.1) is 0 Å². The summed E-state index contributed by atoms with van der Waals surface area (Å²) in [5.41, 5.74) is 0.292. The maximum absolute atomic E-state index is 13.4. The molecule has 0 aliphatic heterocycles. The summed E-state index contributed by atoms with van der Waals surface area (Å²) in [5.74, 6) is -0.363. The molecule has 0 aromatic carbocycles. The van der Waals surface area contributed by atoms with E-state index in [0.717, 1.165) is 0 Å². The smallest absolute Gasteiger partial charge is 0.194 e. The molecule has 0 aliphatic carbocycles. The van der Waals surface area contributed by atoms with Crippen LogP contribution < -0.4 is 0 Å². The molecule has 2 aromatic heterocycles. The molecule has 66 valence electrons. The number of halogens is 1. The van der Waals surface area contributed by atoms with Gasteiger partial charge in [-0.3, -0.25) is 0 Å². The van der Waals surface area contributed by atoms with E-state index in [1.54, 1.807) is 6.92 Å². The summed E-state index contributed by atoms with van der Waals surface area (Å²) in [5, 5.41) is 3.76. The van der Waals surface area contributed by atoms with Crippen LogP contribution in [0.15, 0.2) is 19.0 Å². The van der Waals surface area contributed by atoms with E-state index >= 15 is 0 Å². The fourth-order valence-corrected chi connectivity index (χ4v) is 0.923. The predicted octanol–water partition coefficient (Wildman–Crippen LogP) is 0.505. The Balaban J connectivity index is 2.59. The lowest BCUT2D eigenvalue weighted by molar-refractivity contribution is 0.581. The van der Waals surface area contributed by atoms with E-state index < -0.39 is 5.82 Å². The molecule has 0 atom stereocenters. The first-order chi connectivity index (χ1) is 6.29. The Labute approximate surface area is 73.3 Å². The van der Waals surface area contributed by atoms with Crippen LogP contribution in [-0.4, -0.2) is 24.7 Å². The van der Waals surface area contributed by atoms with Crippen molar-refractivity contribution in [1.82, 2.24) is 24.7 Å². The molecule has 2 rings (SSSR count). The standard InChI is InChI=1S/C7H6FN5/c1-5-6(8)7(11-3-10-5)13-4-9-2-12-13/h2-4H,1H3. The minimum Gasteiger partial charge on any atom is -0.238 e. The first-order valence-electron chi connectivity index (χ1n) is 3.61. The molecular formula is C7H6FN5. The van der Waals surface area contributed by atoms with E-state index in [2.05, 4.69) is 20.1 Å². The molecule has 0 saturated carbocycles. The molecule has 2 aromatic rings. The summed E-state index contributed by atoms with van der Waals surface area (Å²) in [6.45, 7) is 1.57. The van der Waals surface area contributed by atoms with Gasteiger partial charge in [-0.05, 0) is 6.92 Å². The minimum absolute atomic E-state index is 0.116. The molecule has 0 amide bonds. The molecule has 0 bridgehead atoms. The number of aromatic nitrogens is 5. The highest BCUT2D eigenvalue weighted by atomic mass is 19.1. The van der Waals surface area contributed by atoms with Crippen LogP contribution in [0.25, 0.3) is 5.82 Å². The van der Waals surface area contributed by atoms with E-state index in [9.17, 15) is 4.39 Å². The Morgan fingerprint density at radius 2 is 2.15 bits per heavy atom. The van der Waals surface area contributed by atoms with Crippen LogP contribution in [-0.2, 0) is 0 Å². The zero-order valence-electron chi connectivity index (χ0n) is 6.85. The normalized spacial score (nSPS) is 10.3. The lowest BCUT2D eigenvalue weighted by Gasteiger charge is -2.01. The van der Waals surface area contributed by atoms with Gasteiger partial charge in [0.25, 0.3) is 0 Å². The summed E-state index contributed by atoms with van der Waals surface area (Å²) >= 11 is 0. The Morgan fingerprint density at radius 3 is 2.85 bits per heavy atom. The summed E-state index contributed by atoms with van der Waals surface area (Å²) in [6, 6.07) is 0. The molecule has 0 N–H and O–H groups in total. The summed E-state index contributed by atoms with van der Waals surface area (Å²) in [7, 11) is 0. The number of rotatable bonds is 1. The largest absolute Gasteiger partial charge is 0.238 e.